The van der Waals surface area contributed by atoms with Crippen molar-refractivity contribution in [3.05, 3.63) is 81.6 Å². The van der Waals surface area contributed by atoms with Gasteiger partial charge in [0.05, 0.1) is 5.02 Å². The van der Waals surface area contributed by atoms with Crippen molar-refractivity contribution in [1.82, 2.24) is 0 Å². The molecule has 3 nitrogen and oxygen atoms in total. The predicted molar refractivity (Wildman–Crippen MR) is 151 cm³/mol. The molecule has 2 atom stereocenters. The van der Waals surface area contributed by atoms with Gasteiger partial charge in [-0.2, -0.15) is 0 Å². The zero-order chi connectivity index (χ0) is 27.3. The molecule has 0 heterocycles. The summed E-state index contributed by atoms with van der Waals surface area (Å²) >= 11 is 11.5. The lowest BCUT2D eigenvalue weighted by Crippen LogP contribution is -2.41. The fraction of sp³-hybridized carbons (Fsp3) is 0.500. The van der Waals surface area contributed by atoms with E-state index in [0.29, 0.717) is 13.0 Å². The van der Waals surface area contributed by atoms with Gasteiger partial charge >= 0.3 is 0 Å². The quantitative estimate of drug-likeness (QED) is 0.329. The molecule has 0 saturated heterocycles. The number of rotatable bonds is 9. The van der Waals surface area contributed by atoms with Gasteiger partial charge in [-0.25, -0.2) is 4.39 Å². The predicted octanol–water partition coefficient (Wildman–Crippen LogP) is 7.41. The van der Waals surface area contributed by atoms with E-state index in [4.69, 9.17) is 34.7 Å². The van der Waals surface area contributed by atoms with Crippen LogP contribution in [0.3, 0.4) is 0 Å². The van der Waals surface area contributed by atoms with Gasteiger partial charge in [-0.15, -0.1) is 0 Å². The molecule has 0 amide bonds. The Morgan fingerprint density at radius 3 is 2.06 bits per heavy atom. The van der Waals surface area contributed by atoms with Crippen molar-refractivity contribution < 1.29 is 9.18 Å². The molecule has 1 fully saturated rings. The molecular weight excluding hydrogens is 494 g/mol. The van der Waals surface area contributed by atoms with Crippen LogP contribution in [0.2, 0.25) is 10.0 Å². The first-order chi connectivity index (χ1) is 16.7. The normalized spacial score (nSPS) is 16.1. The highest BCUT2D eigenvalue weighted by Crippen LogP contribution is 2.42. The molecule has 0 aliphatic heterocycles. The standard InChI is InChI=1S/C15H21ClFN.C15H20ClNO/c1-10(15(2,3)4)12(9-18)7-11-5-6-13(16)14(17)8-11;1-10(2)14(18)13(15(17)7-8-15)9-11-3-5-12(16)6-4-11/h5-6,8,12H,1,7,9,18H2,2-4H3;3-6,10,13H,7-9,17H2,1-2H3. The lowest BCUT2D eigenvalue weighted by Gasteiger charge is -2.29. The molecule has 2 aromatic rings. The Labute approximate surface area is 226 Å². The third-order valence-electron chi connectivity index (χ3n) is 6.99. The number of hydrogen-bond donors (Lipinski definition) is 2. The maximum absolute atomic E-state index is 13.4. The van der Waals surface area contributed by atoms with Crippen molar-refractivity contribution in [2.24, 2.45) is 34.6 Å². The largest absolute Gasteiger partial charge is 0.330 e. The zero-order valence-corrected chi connectivity index (χ0v) is 23.7. The van der Waals surface area contributed by atoms with Gasteiger partial charge in [-0.05, 0) is 79.0 Å². The van der Waals surface area contributed by atoms with Gasteiger partial charge in [-0.3, -0.25) is 4.79 Å². The lowest BCUT2D eigenvalue weighted by molar-refractivity contribution is -0.126. The highest BCUT2D eigenvalue weighted by Gasteiger charge is 2.49. The Bertz CT molecular complexity index is 1040. The minimum atomic E-state index is -0.383. The van der Waals surface area contributed by atoms with Gasteiger partial charge in [0.25, 0.3) is 0 Å². The number of ketones is 1. The third-order valence-corrected chi connectivity index (χ3v) is 7.55. The topological polar surface area (TPSA) is 69.1 Å². The molecule has 0 radical (unpaired) electrons. The zero-order valence-electron chi connectivity index (χ0n) is 22.2. The summed E-state index contributed by atoms with van der Waals surface area (Å²) in [5, 5.41) is 0.872. The van der Waals surface area contributed by atoms with E-state index in [1.165, 1.54) is 6.07 Å². The van der Waals surface area contributed by atoms with E-state index in [9.17, 15) is 9.18 Å². The Hall–Kier alpha value is -1.72. The molecule has 36 heavy (non-hydrogen) atoms. The summed E-state index contributed by atoms with van der Waals surface area (Å²) in [6, 6.07) is 12.6. The third kappa shape index (κ3) is 8.69. The van der Waals surface area contributed by atoms with Crippen LogP contribution >= 0.6 is 23.2 Å². The molecule has 4 N–H and O–H groups in total. The van der Waals surface area contributed by atoms with Gasteiger partial charge in [0.2, 0.25) is 0 Å². The van der Waals surface area contributed by atoms with Crippen LogP contribution in [-0.4, -0.2) is 17.9 Å². The summed E-state index contributed by atoms with van der Waals surface area (Å²) in [6.45, 7) is 14.9. The maximum atomic E-state index is 13.4. The van der Waals surface area contributed by atoms with Crippen LogP contribution in [0.1, 0.15) is 58.6 Å². The lowest BCUT2D eigenvalue weighted by atomic mass is 9.77. The van der Waals surface area contributed by atoms with Gasteiger partial charge < -0.3 is 11.5 Å². The van der Waals surface area contributed by atoms with Crippen LogP contribution in [0, 0.1) is 29.0 Å². The van der Waals surface area contributed by atoms with E-state index < -0.39 is 0 Å². The maximum Gasteiger partial charge on any atom is 0.142 e. The molecule has 0 bridgehead atoms. The average Bonchev–Trinajstić information content (AvgIpc) is 3.56. The number of hydrogen-bond acceptors (Lipinski definition) is 3. The molecule has 2 aromatic carbocycles. The highest BCUT2D eigenvalue weighted by atomic mass is 35.5. The number of halogens is 3. The van der Waals surface area contributed by atoms with Crippen molar-refractivity contribution in [2.75, 3.05) is 6.54 Å². The average molecular weight is 536 g/mol. The first-order valence-corrected chi connectivity index (χ1v) is 13.3. The Kier molecular flexibility index (Phi) is 10.8. The van der Waals surface area contributed by atoms with Crippen molar-refractivity contribution in [3.8, 4) is 0 Å². The summed E-state index contributed by atoms with van der Waals surface area (Å²) in [7, 11) is 0. The van der Waals surface area contributed by atoms with Crippen LogP contribution in [0.5, 0.6) is 0 Å². The second-order valence-electron chi connectivity index (χ2n) is 11.3. The smallest absolute Gasteiger partial charge is 0.142 e. The van der Waals surface area contributed by atoms with Crippen molar-refractivity contribution >= 4 is 29.0 Å². The van der Waals surface area contributed by atoms with Crippen molar-refractivity contribution in [3.63, 3.8) is 0 Å². The number of nitrogens with two attached hydrogens (primary N) is 2. The van der Waals surface area contributed by atoms with Gasteiger partial charge in [0.1, 0.15) is 11.6 Å². The Morgan fingerprint density at radius 2 is 1.61 bits per heavy atom. The molecule has 3 rings (SSSR count). The van der Waals surface area contributed by atoms with Crippen LogP contribution < -0.4 is 11.5 Å². The van der Waals surface area contributed by atoms with Gasteiger partial charge in [-0.1, -0.05) is 88.2 Å². The summed E-state index contributed by atoms with van der Waals surface area (Å²) in [5.41, 5.74) is 14.9. The summed E-state index contributed by atoms with van der Waals surface area (Å²) in [6.07, 6.45) is 3.35. The molecule has 0 aromatic heterocycles. The molecule has 1 saturated carbocycles. The van der Waals surface area contributed by atoms with E-state index in [-0.39, 0.29) is 45.3 Å². The fourth-order valence-electron chi connectivity index (χ4n) is 4.25. The molecular formula is C30H41Cl2FN2O. The molecule has 1 aliphatic carbocycles. The van der Waals surface area contributed by atoms with E-state index in [1.54, 1.807) is 6.07 Å². The number of carbonyl (C=O) groups is 1. The molecule has 198 valence electrons. The van der Waals surface area contributed by atoms with Gasteiger partial charge in [0.15, 0.2) is 0 Å². The second kappa shape index (κ2) is 12.7. The number of Topliss-reactive ketones (excluding diaryl/α,β-unsaturated/α-hetero) is 1. The summed E-state index contributed by atoms with van der Waals surface area (Å²) in [5.74, 6) is 0.0452. The number of benzene rings is 2. The van der Waals surface area contributed by atoms with E-state index in [0.717, 1.165) is 41.0 Å². The highest BCUT2D eigenvalue weighted by molar-refractivity contribution is 6.30. The monoisotopic (exact) mass is 534 g/mol. The summed E-state index contributed by atoms with van der Waals surface area (Å²) < 4.78 is 13.4. The van der Waals surface area contributed by atoms with Crippen molar-refractivity contribution in [2.45, 2.75) is 65.8 Å². The van der Waals surface area contributed by atoms with Crippen LogP contribution in [-0.2, 0) is 17.6 Å². The first kappa shape index (κ1) is 30.5. The fourth-order valence-corrected chi connectivity index (χ4v) is 4.49. The first-order valence-electron chi connectivity index (χ1n) is 12.6. The van der Waals surface area contributed by atoms with Crippen molar-refractivity contribution in [1.29, 1.82) is 0 Å². The molecule has 0 spiro atoms. The van der Waals surface area contributed by atoms with Gasteiger partial charge in [0, 0.05) is 22.4 Å². The van der Waals surface area contributed by atoms with Crippen LogP contribution in [0.4, 0.5) is 4.39 Å². The molecule has 2 unspecified atom stereocenters. The van der Waals surface area contributed by atoms with Crippen LogP contribution in [0.25, 0.3) is 0 Å². The second-order valence-corrected chi connectivity index (χ2v) is 12.2. The SMILES string of the molecule is C=C(C(CN)Cc1ccc(Cl)c(F)c1)C(C)(C)C.CC(C)C(=O)C(Cc1ccc(Cl)cc1)C1(N)CC1. The Morgan fingerprint density at radius 1 is 1.06 bits per heavy atom. The Balaban J connectivity index is 0.000000254. The number of carbonyl (C=O) groups excluding carboxylic acids is 1. The summed E-state index contributed by atoms with van der Waals surface area (Å²) in [4.78, 5) is 12.3. The molecule has 6 heteroatoms. The molecule has 1 aliphatic rings. The van der Waals surface area contributed by atoms with E-state index in [1.807, 2.05) is 44.2 Å². The minimum absolute atomic E-state index is 0.00894. The minimum Gasteiger partial charge on any atom is -0.330 e. The van der Waals surface area contributed by atoms with E-state index >= 15 is 0 Å². The van der Waals surface area contributed by atoms with Crippen LogP contribution in [0.15, 0.2) is 54.6 Å². The van der Waals surface area contributed by atoms with E-state index in [2.05, 4.69) is 27.4 Å².